The predicted molar refractivity (Wildman–Crippen MR) is 71.1 cm³/mol. The van der Waals surface area contributed by atoms with Gasteiger partial charge in [-0.25, -0.2) is 0 Å². The van der Waals surface area contributed by atoms with E-state index in [1.807, 2.05) is 18.2 Å². The first-order chi connectivity index (χ1) is 7.70. The zero-order valence-electron chi connectivity index (χ0n) is 9.05. The average Bonchev–Trinajstić information content (AvgIpc) is 2.29. The molecule has 4 heteroatoms. The minimum Gasteiger partial charge on any atom is -0.329 e. The molecule has 88 valence electrons. The largest absolute Gasteiger partial charge is 0.329 e. The summed E-state index contributed by atoms with van der Waals surface area (Å²) in [4.78, 5) is 0. The molecule has 0 aromatic heterocycles. The van der Waals surface area contributed by atoms with Crippen molar-refractivity contribution in [3.8, 4) is 0 Å². The highest BCUT2D eigenvalue weighted by atomic mass is 35.5. The number of hydrogen-bond donors (Lipinski definition) is 2. The number of halogens is 2. The Labute approximate surface area is 106 Å². The number of hydrogen-bond acceptors (Lipinski definition) is 2. The third kappa shape index (κ3) is 3.49. The SMILES string of the molecule is C=CCCNC(CN)c1cccc(Cl)c1Cl. The number of rotatable bonds is 6. The van der Waals surface area contributed by atoms with Crippen LogP contribution in [0.15, 0.2) is 30.9 Å². The molecule has 2 nitrogen and oxygen atoms in total. The first kappa shape index (κ1) is 13.5. The summed E-state index contributed by atoms with van der Waals surface area (Å²) in [6, 6.07) is 5.62. The van der Waals surface area contributed by atoms with E-state index in [2.05, 4.69) is 11.9 Å². The van der Waals surface area contributed by atoms with Gasteiger partial charge in [-0.1, -0.05) is 41.4 Å². The van der Waals surface area contributed by atoms with Crippen LogP contribution in [0.5, 0.6) is 0 Å². The fraction of sp³-hybridized carbons (Fsp3) is 0.333. The summed E-state index contributed by atoms with van der Waals surface area (Å²) in [6.45, 7) is 4.98. The van der Waals surface area contributed by atoms with Gasteiger partial charge in [0, 0.05) is 12.6 Å². The maximum Gasteiger partial charge on any atom is 0.0640 e. The van der Waals surface area contributed by atoms with Crippen LogP contribution >= 0.6 is 23.2 Å². The number of nitrogens with one attached hydrogen (secondary N) is 1. The third-order valence-corrected chi connectivity index (χ3v) is 3.17. The first-order valence-electron chi connectivity index (χ1n) is 5.19. The molecule has 0 saturated heterocycles. The van der Waals surface area contributed by atoms with Crippen molar-refractivity contribution >= 4 is 23.2 Å². The van der Waals surface area contributed by atoms with Gasteiger partial charge in [-0.3, -0.25) is 0 Å². The molecule has 0 aliphatic rings. The normalized spacial score (nSPS) is 12.4. The Balaban J connectivity index is 2.78. The van der Waals surface area contributed by atoms with Crippen LogP contribution in [0.4, 0.5) is 0 Å². The van der Waals surface area contributed by atoms with Crippen molar-refractivity contribution in [1.82, 2.24) is 5.32 Å². The van der Waals surface area contributed by atoms with Gasteiger partial charge in [0.1, 0.15) is 0 Å². The molecule has 0 heterocycles. The highest BCUT2D eigenvalue weighted by Crippen LogP contribution is 2.29. The summed E-state index contributed by atoms with van der Waals surface area (Å²) >= 11 is 12.1. The van der Waals surface area contributed by atoms with Gasteiger partial charge in [0.2, 0.25) is 0 Å². The summed E-state index contributed by atoms with van der Waals surface area (Å²) < 4.78 is 0. The maximum absolute atomic E-state index is 6.13. The summed E-state index contributed by atoms with van der Waals surface area (Å²) in [6.07, 6.45) is 2.76. The van der Waals surface area contributed by atoms with Crippen LogP contribution in [0, 0.1) is 0 Å². The predicted octanol–water partition coefficient (Wildman–Crippen LogP) is 3.16. The lowest BCUT2D eigenvalue weighted by Gasteiger charge is -2.18. The van der Waals surface area contributed by atoms with Crippen molar-refractivity contribution in [2.75, 3.05) is 13.1 Å². The van der Waals surface area contributed by atoms with Crippen LogP contribution in [0.3, 0.4) is 0 Å². The van der Waals surface area contributed by atoms with E-state index in [-0.39, 0.29) is 6.04 Å². The van der Waals surface area contributed by atoms with Gasteiger partial charge in [-0.2, -0.15) is 0 Å². The van der Waals surface area contributed by atoms with Gasteiger partial charge < -0.3 is 11.1 Å². The fourth-order valence-corrected chi connectivity index (χ4v) is 1.91. The van der Waals surface area contributed by atoms with Crippen molar-refractivity contribution in [3.05, 3.63) is 46.5 Å². The lowest BCUT2D eigenvalue weighted by atomic mass is 10.1. The molecular weight excluding hydrogens is 243 g/mol. The molecule has 0 aliphatic carbocycles. The van der Waals surface area contributed by atoms with E-state index < -0.39 is 0 Å². The second-order valence-electron chi connectivity index (χ2n) is 3.46. The molecule has 0 amide bonds. The maximum atomic E-state index is 6.13. The van der Waals surface area contributed by atoms with E-state index in [0.29, 0.717) is 16.6 Å². The van der Waals surface area contributed by atoms with E-state index in [1.54, 1.807) is 6.07 Å². The van der Waals surface area contributed by atoms with Crippen molar-refractivity contribution in [1.29, 1.82) is 0 Å². The van der Waals surface area contributed by atoms with Gasteiger partial charge in [0.05, 0.1) is 10.0 Å². The molecule has 3 N–H and O–H groups in total. The summed E-state index contributed by atoms with van der Waals surface area (Å²) in [7, 11) is 0. The number of benzene rings is 1. The average molecular weight is 259 g/mol. The molecule has 16 heavy (non-hydrogen) atoms. The van der Waals surface area contributed by atoms with Gasteiger partial charge >= 0.3 is 0 Å². The lowest BCUT2D eigenvalue weighted by Crippen LogP contribution is -2.29. The Morgan fingerprint density at radius 3 is 2.81 bits per heavy atom. The Bertz CT molecular complexity index is 353. The topological polar surface area (TPSA) is 38.0 Å². The van der Waals surface area contributed by atoms with E-state index in [0.717, 1.165) is 18.5 Å². The zero-order valence-corrected chi connectivity index (χ0v) is 10.6. The van der Waals surface area contributed by atoms with Crippen molar-refractivity contribution in [3.63, 3.8) is 0 Å². The Morgan fingerprint density at radius 1 is 1.44 bits per heavy atom. The molecule has 1 atom stereocenters. The van der Waals surface area contributed by atoms with E-state index >= 15 is 0 Å². The van der Waals surface area contributed by atoms with Crippen LogP contribution < -0.4 is 11.1 Å². The van der Waals surface area contributed by atoms with Crippen molar-refractivity contribution in [2.24, 2.45) is 5.73 Å². The molecule has 0 spiro atoms. The first-order valence-corrected chi connectivity index (χ1v) is 5.94. The van der Waals surface area contributed by atoms with Crippen LogP contribution in [0.25, 0.3) is 0 Å². The Hall–Kier alpha value is -0.540. The fourth-order valence-electron chi connectivity index (χ4n) is 1.47. The molecule has 1 unspecified atom stereocenters. The molecule has 0 radical (unpaired) electrons. The van der Waals surface area contributed by atoms with Crippen LogP contribution in [0.1, 0.15) is 18.0 Å². The molecule has 0 bridgehead atoms. The molecule has 0 fully saturated rings. The third-order valence-electron chi connectivity index (χ3n) is 2.33. The molecule has 1 aromatic rings. The smallest absolute Gasteiger partial charge is 0.0640 e. The highest BCUT2D eigenvalue weighted by molar-refractivity contribution is 6.42. The molecular formula is C12H16Cl2N2. The molecule has 0 saturated carbocycles. The molecule has 1 rings (SSSR count). The Kier molecular flexibility index (Phi) is 5.85. The Morgan fingerprint density at radius 2 is 2.19 bits per heavy atom. The van der Waals surface area contributed by atoms with Crippen molar-refractivity contribution in [2.45, 2.75) is 12.5 Å². The summed E-state index contributed by atoms with van der Waals surface area (Å²) in [5, 5.41) is 4.45. The van der Waals surface area contributed by atoms with Crippen molar-refractivity contribution < 1.29 is 0 Å². The summed E-state index contributed by atoms with van der Waals surface area (Å²) in [5.74, 6) is 0. The highest BCUT2D eigenvalue weighted by Gasteiger charge is 2.13. The second-order valence-corrected chi connectivity index (χ2v) is 4.25. The van der Waals surface area contributed by atoms with E-state index in [4.69, 9.17) is 28.9 Å². The quantitative estimate of drug-likeness (QED) is 0.608. The van der Waals surface area contributed by atoms with Crippen LogP contribution in [-0.2, 0) is 0 Å². The van der Waals surface area contributed by atoms with Gasteiger partial charge in [-0.15, -0.1) is 6.58 Å². The standard InChI is InChI=1S/C12H16Cl2N2/c1-2-3-7-16-11(8-15)9-5-4-6-10(13)12(9)14/h2,4-6,11,16H,1,3,7-8,15H2. The lowest BCUT2D eigenvalue weighted by molar-refractivity contribution is 0.548. The monoisotopic (exact) mass is 258 g/mol. The van der Waals surface area contributed by atoms with Crippen LogP contribution in [-0.4, -0.2) is 13.1 Å². The minimum atomic E-state index is 0.0335. The van der Waals surface area contributed by atoms with Gasteiger partial charge in [-0.05, 0) is 24.6 Å². The number of nitrogens with two attached hydrogens (primary N) is 1. The summed E-state index contributed by atoms with van der Waals surface area (Å²) in [5.41, 5.74) is 6.66. The van der Waals surface area contributed by atoms with Gasteiger partial charge in [0.25, 0.3) is 0 Å². The van der Waals surface area contributed by atoms with E-state index in [9.17, 15) is 0 Å². The molecule has 0 aliphatic heterocycles. The second kappa shape index (κ2) is 6.92. The molecule has 1 aromatic carbocycles. The van der Waals surface area contributed by atoms with Crippen LogP contribution in [0.2, 0.25) is 10.0 Å². The van der Waals surface area contributed by atoms with Gasteiger partial charge in [0.15, 0.2) is 0 Å². The minimum absolute atomic E-state index is 0.0335. The van der Waals surface area contributed by atoms with E-state index in [1.165, 1.54) is 0 Å². The zero-order chi connectivity index (χ0) is 12.0.